The Kier molecular flexibility index (Phi) is 5.36. The molecule has 1 aromatic rings. The molecule has 2 rings (SSSR count). The molecule has 3 N–H and O–H groups in total. The summed E-state index contributed by atoms with van der Waals surface area (Å²) in [6.45, 7) is 1.42. The lowest BCUT2D eigenvalue weighted by atomic mass is 9.71. The van der Waals surface area contributed by atoms with Crippen LogP contribution in [0.4, 0.5) is 11.4 Å². The molecule has 0 bridgehead atoms. The maximum atomic E-state index is 12.2. The van der Waals surface area contributed by atoms with Crippen molar-refractivity contribution >= 4 is 29.2 Å². The summed E-state index contributed by atoms with van der Waals surface area (Å²) >= 11 is 0. The van der Waals surface area contributed by atoms with E-state index in [9.17, 15) is 19.5 Å². The minimum atomic E-state index is -0.932. The summed E-state index contributed by atoms with van der Waals surface area (Å²) in [6.07, 6.45) is 3.83. The second kappa shape index (κ2) is 7.26. The highest BCUT2D eigenvalue weighted by Crippen LogP contribution is 2.39. The molecular formula is C17H22N2O4. The van der Waals surface area contributed by atoms with Crippen LogP contribution in [0.1, 0.15) is 45.4 Å². The highest BCUT2D eigenvalue weighted by molar-refractivity contribution is 5.95. The number of rotatable bonds is 5. The number of anilines is 2. The Bertz CT molecular complexity index is 589. The SMILES string of the molecule is CC(=O)Nc1ccc(NC(=O)CC2(C(=O)O)CCCCC2)cc1. The van der Waals surface area contributed by atoms with Gasteiger partial charge >= 0.3 is 5.97 Å². The van der Waals surface area contributed by atoms with Crippen molar-refractivity contribution in [2.75, 3.05) is 10.6 Å². The first-order valence-electron chi connectivity index (χ1n) is 7.82. The number of carboxylic acid groups (broad SMARTS) is 1. The van der Waals surface area contributed by atoms with E-state index in [0.29, 0.717) is 24.2 Å². The second-order valence-corrected chi connectivity index (χ2v) is 6.13. The molecule has 0 aromatic heterocycles. The smallest absolute Gasteiger partial charge is 0.310 e. The van der Waals surface area contributed by atoms with Crippen LogP contribution in [0.3, 0.4) is 0 Å². The van der Waals surface area contributed by atoms with Crippen molar-refractivity contribution in [1.29, 1.82) is 0 Å². The Morgan fingerprint density at radius 1 is 1.00 bits per heavy atom. The van der Waals surface area contributed by atoms with E-state index in [1.165, 1.54) is 6.92 Å². The van der Waals surface area contributed by atoms with Crippen LogP contribution in [0.2, 0.25) is 0 Å². The summed E-state index contributed by atoms with van der Waals surface area (Å²) in [5.41, 5.74) is 0.295. The fraction of sp³-hybridized carbons (Fsp3) is 0.471. The van der Waals surface area contributed by atoms with Gasteiger partial charge in [-0.15, -0.1) is 0 Å². The lowest BCUT2D eigenvalue weighted by molar-refractivity contribution is -0.153. The lowest BCUT2D eigenvalue weighted by Crippen LogP contribution is -2.37. The lowest BCUT2D eigenvalue weighted by Gasteiger charge is -2.32. The van der Waals surface area contributed by atoms with E-state index in [1.807, 2.05) is 0 Å². The van der Waals surface area contributed by atoms with Crippen LogP contribution in [0, 0.1) is 5.41 Å². The van der Waals surface area contributed by atoms with Crippen LogP contribution in [-0.2, 0) is 14.4 Å². The molecule has 0 saturated heterocycles. The Morgan fingerprint density at radius 2 is 1.52 bits per heavy atom. The van der Waals surface area contributed by atoms with Gasteiger partial charge in [-0.05, 0) is 37.1 Å². The van der Waals surface area contributed by atoms with Gasteiger partial charge in [-0.1, -0.05) is 19.3 Å². The number of aliphatic carboxylic acids is 1. The number of benzene rings is 1. The maximum Gasteiger partial charge on any atom is 0.310 e. The third-order valence-electron chi connectivity index (χ3n) is 4.25. The van der Waals surface area contributed by atoms with E-state index in [-0.39, 0.29) is 18.2 Å². The molecule has 1 aliphatic carbocycles. The topological polar surface area (TPSA) is 95.5 Å². The number of carbonyl (C=O) groups excluding carboxylic acids is 2. The molecule has 1 saturated carbocycles. The molecule has 0 radical (unpaired) electrons. The Morgan fingerprint density at radius 3 is 2.00 bits per heavy atom. The van der Waals surface area contributed by atoms with Gasteiger partial charge in [-0.3, -0.25) is 14.4 Å². The van der Waals surface area contributed by atoms with E-state index in [1.54, 1.807) is 24.3 Å². The molecule has 1 fully saturated rings. The summed E-state index contributed by atoms with van der Waals surface area (Å²) in [5.74, 6) is -1.34. The summed E-state index contributed by atoms with van der Waals surface area (Å²) in [5, 5.41) is 14.9. The van der Waals surface area contributed by atoms with E-state index in [2.05, 4.69) is 10.6 Å². The van der Waals surface area contributed by atoms with Crippen LogP contribution in [-0.4, -0.2) is 22.9 Å². The number of amides is 2. The number of hydrogen-bond donors (Lipinski definition) is 3. The Balaban J connectivity index is 1.98. The van der Waals surface area contributed by atoms with E-state index >= 15 is 0 Å². The van der Waals surface area contributed by atoms with Gasteiger partial charge in [0.1, 0.15) is 0 Å². The van der Waals surface area contributed by atoms with Gasteiger partial charge < -0.3 is 15.7 Å². The number of hydrogen-bond acceptors (Lipinski definition) is 3. The minimum absolute atomic E-state index is 0.00419. The van der Waals surface area contributed by atoms with Gasteiger partial charge in [0, 0.05) is 24.7 Å². The fourth-order valence-electron chi connectivity index (χ4n) is 3.05. The van der Waals surface area contributed by atoms with Gasteiger partial charge in [0.25, 0.3) is 0 Å². The minimum Gasteiger partial charge on any atom is -0.481 e. The van der Waals surface area contributed by atoms with Crippen molar-refractivity contribution in [1.82, 2.24) is 0 Å². The normalized spacial score (nSPS) is 16.4. The first-order chi connectivity index (χ1) is 10.9. The third-order valence-corrected chi connectivity index (χ3v) is 4.25. The summed E-state index contributed by atoms with van der Waals surface area (Å²) < 4.78 is 0. The molecule has 1 aliphatic rings. The maximum absolute atomic E-state index is 12.2. The Labute approximate surface area is 135 Å². The molecule has 6 heteroatoms. The number of carbonyl (C=O) groups is 3. The molecule has 0 spiro atoms. The molecular weight excluding hydrogens is 296 g/mol. The quantitative estimate of drug-likeness (QED) is 0.777. The predicted molar refractivity (Wildman–Crippen MR) is 87.1 cm³/mol. The Hall–Kier alpha value is -2.37. The monoisotopic (exact) mass is 318 g/mol. The van der Waals surface area contributed by atoms with Crippen molar-refractivity contribution in [2.24, 2.45) is 5.41 Å². The first-order valence-corrected chi connectivity index (χ1v) is 7.82. The van der Waals surface area contributed by atoms with Crippen molar-refractivity contribution < 1.29 is 19.5 Å². The van der Waals surface area contributed by atoms with Crippen LogP contribution in [0.15, 0.2) is 24.3 Å². The number of carboxylic acids is 1. The molecule has 0 unspecified atom stereocenters. The van der Waals surface area contributed by atoms with Gasteiger partial charge in [-0.2, -0.15) is 0 Å². The largest absolute Gasteiger partial charge is 0.481 e. The number of nitrogens with one attached hydrogen (secondary N) is 2. The average molecular weight is 318 g/mol. The van der Waals surface area contributed by atoms with E-state index in [0.717, 1.165) is 19.3 Å². The highest BCUT2D eigenvalue weighted by atomic mass is 16.4. The first kappa shape index (κ1) is 17.0. The molecule has 124 valence electrons. The van der Waals surface area contributed by atoms with Crippen LogP contribution in [0.25, 0.3) is 0 Å². The zero-order valence-corrected chi connectivity index (χ0v) is 13.2. The van der Waals surface area contributed by atoms with E-state index < -0.39 is 11.4 Å². The average Bonchev–Trinajstić information content (AvgIpc) is 2.49. The highest BCUT2D eigenvalue weighted by Gasteiger charge is 2.41. The van der Waals surface area contributed by atoms with Gasteiger partial charge in [-0.25, -0.2) is 0 Å². The van der Waals surface area contributed by atoms with Crippen molar-refractivity contribution in [3.8, 4) is 0 Å². The predicted octanol–water partition coefficient (Wildman–Crippen LogP) is 3.01. The van der Waals surface area contributed by atoms with Crippen LogP contribution < -0.4 is 10.6 Å². The van der Waals surface area contributed by atoms with Crippen LogP contribution >= 0.6 is 0 Å². The van der Waals surface area contributed by atoms with Crippen molar-refractivity contribution in [3.05, 3.63) is 24.3 Å². The third kappa shape index (κ3) is 4.55. The van der Waals surface area contributed by atoms with Crippen molar-refractivity contribution in [2.45, 2.75) is 45.4 Å². The molecule has 23 heavy (non-hydrogen) atoms. The summed E-state index contributed by atoms with van der Waals surface area (Å²) in [7, 11) is 0. The molecule has 2 amide bonds. The molecule has 0 atom stereocenters. The van der Waals surface area contributed by atoms with E-state index in [4.69, 9.17) is 0 Å². The fourth-order valence-corrected chi connectivity index (χ4v) is 3.05. The van der Waals surface area contributed by atoms with Gasteiger partial charge in [0.2, 0.25) is 11.8 Å². The van der Waals surface area contributed by atoms with Crippen LogP contribution in [0.5, 0.6) is 0 Å². The summed E-state index contributed by atoms with van der Waals surface area (Å²) in [4.78, 5) is 34.8. The molecule has 1 aromatic carbocycles. The molecule has 0 aliphatic heterocycles. The van der Waals surface area contributed by atoms with Gasteiger partial charge in [0.05, 0.1) is 5.41 Å². The molecule has 0 heterocycles. The summed E-state index contributed by atoms with van der Waals surface area (Å²) in [6, 6.07) is 6.73. The zero-order chi connectivity index (χ0) is 16.9. The second-order valence-electron chi connectivity index (χ2n) is 6.13. The van der Waals surface area contributed by atoms with Crippen molar-refractivity contribution in [3.63, 3.8) is 0 Å². The van der Waals surface area contributed by atoms with Gasteiger partial charge in [0.15, 0.2) is 0 Å². The standard InChI is InChI=1S/C17H22N2O4/c1-12(20)18-13-5-7-14(8-6-13)19-15(21)11-17(16(22)23)9-3-2-4-10-17/h5-8H,2-4,9-11H2,1H3,(H,18,20)(H,19,21)(H,22,23). The zero-order valence-electron chi connectivity index (χ0n) is 13.2. The molecule has 6 nitrogen and oxygen atoms in total.